The van der Waals surface area contributed by atoms with E-state index in [0.29, 0.717) is 5.70 Å². The van der Waals surface area contributed by atoms with Crippen LogP contribution in [0.2, 0.25) is 0 Å². The Morgan fingerprint density at radius 3 is 2.50 bits per heavy atom. The van der Waals surface area contributed by atoms with Crippen LogP contribution in [0.15, 0.2) is 11.9 Å². The highest BCUT2D eigenvalue weighted by molar-refractivity contribution is 4.86. The maximum absolute atomic E-state index is 7.83. The van der Waals surface area contributed by atoms with Gasteiger partial charge < -0.3 is 5.73 Å². The third kappa shape index (κ3) is 3.30. The largest absolute Gasteiger partial charge is 0.401 e. The fourth-order valence-electron chi connectivity index (χ4n) is 0.102. The van der Waals surface area contributed by atoms with Crippen LogP contribution in [0, 0.1) is 0 Å². The fourth-order valence-corrected chi connectivity index (χ4v) is 0.102. The fraction of sp³-hybridized carbons (Fsp3) is 0.333. The first kappa shape index (κ1) is 5.30. The molecule has 0 aliphatic carbocycles. The molecule has 36 valence electrons. The second-order valence-electron chi connectivity index (χ2n) is 1.02. The summed E-state index contributed by atoms with van der Waals surface area (Å²) in [4.78, 5) is 0. The zero-order chi connectivity index (χ0) is 4.99. The second-order valence-corrected chi connectivity index (χ2v) is 1.02. The lowest BCUT2D eigenvalue weighted by molar-refractivity contribution is 0.213. The predicted molar refractivity (Wildman–Crippen MR) is 22.9 cm³/mol. The van der Waals surface area contributed by atoms with Crippen LogP contribution in [-0.2, 0) is 0 Å². The van der Waals surface area contributed by atoms with E-state index in [9.17, 15) is 0 Å². The lowest BCUT2D eigenvalue weighted by Gasteiger charge is -1.84. The van der Waals surface area contributed by atoms with E-state index < -0.39 is 0 Å². The molecule has 0 amide bonds. The van der Waals surface area contributed by atoms with Gasteiger partial charge in [0.1, 0.15) is 0 Å². The minimum atomic E-state index is 0.553. The summed E-state index contributed by atoms with van der Waals surface area (Å²) in [5, 5.41) is 7.83. The molecular formula is C3H8N2O. The summed E-state index contributed by atoms with van der Waals surface area (Å²) in [6.07, 6.45) is 1.29. The normalized spacial score (nSPS) is 11.3. The van der Waals surface area contributed by atoms with Gasteiger partial charge in [0.25, 0.3) is 0 Å². The molecule has 0 heterocycles. The number of hydrogen-bond donors (Lipinski definition) is 3. The minimum Gasteiger partial charge on any atom is -0.401 e. The number of nitrogens with one attached hydrogen (secondary N) is 1. The van der Waals surface area contributed by atoms with E-state index in [1.807, 2.05) is 0 Å². The molecule has 0 rings (SSSR count). The molecule has 0 aromatic heterocycles. The molecule has 3 nitrogen and oxygen atoms in total. The minimum absolute atomic E-state index is 0.553. The van der Waals surface area contributed by atoms with Crippen molar-refractivity contribution in [3.8, 4) is 0 Å². The highest BCUT2D eigenvalue weighted by Gasteiger charge is 1.66. The molecule has 0 unspecified atom stereocenters. The molecule has 0 saturated carbocycles. The molecule has 0 aromatic carbocycles. The maximum atomic E-state index is 7.83. The smallest absolute Gasteiger partial charge is 0.0425 e. The molecule has 0 radical (unpaired) electrons. The average Bonchev–Trinajstić information content (AvgIpc) is 1.35. The summed E-state index contributed by atoms with van der Waals surface area (Å²) in [5.74, 6) is 0. The van der Waals surface area contributed by atoms with Crippen LogP contribution in [-0.4, -0.2) is 5.21 Å². The van der Waals surface area contributed by atoms with Gasteiger partial charge in [0, 0.05) is 11.9 Å². The van der Waals surface area contributed by atoms with Gasteiger partial charge in [-0.05, 0) is 6.92 Å². The van der Waals surface area contributed by atoms with Gasteiger partial charge in [0.2, 0.25) is 0 Å². The Morgan fingerprint density at radius 1 is 2.00 bits per heavy atom. The summed E-state index contributed by atoms with van der Waals surface area (Å²) >= 11 is 0. The molecule has 0 saturated heterocycles. The van der Waals surface area contributed by atoms with Crippen LogP contribution in [0.4, 0.5) is 0 Å². The lowest BCUT2D eigenvalue weighted by atomic mass is 10.6. The summed E-state index contributed by atoms with van der Waals surface area (Å²) in [6.45, 7) is 1.67. The first-order chi connectivity index (χ1) is 2.77. The van der Waals surface area contributed by atoms with Crippen LogP contribution < -0.4 is 11.2 Å². The Hall–Kier alpha value is -0.700. The Bertz CT molecular complexity index is 55.8. The summed E-state index contributed by atoms with van der Waals surface area (Å²) in [7, 11) is 0. The number of allylic oxidation sites excluding steroid dienone is 1. The van der Waals surface area contributed by atoms with Crippen molar-refractivity contribution in [2.75, 3.05) is 0 Å². The third-order valence-corrected chi connectivity index (χ3v) is 0.292. The van der Waals surface area contributed by atoms with Crippen molar-refractivity contribution >= 4 is 0 Å². The van der Waals surface area contributed by atoms with Crippen LogP contribution in [0.1, 0.15) is 6.92 Å². The number of nitrogens with two attached hydrogens (primary N) is 1. The second kappa shape index (κ2) is 2.53. The molecule has 3 heteroatoms. The molecule has 0 atom stereocenters. The quantitative estimate of drug-likeness (QED) is 0.388. The van der Waals surface area contributed by atoms with Crippen LogP contribution in [0.3, 0.4) is 0 Å². The van der Waals surface area contributed by atoms with E-state index in [4.69, 9.17) is 10.9 Å². The van der Waals surface area contributed by atoms with Crippen molar-refractivity contribution in [3.05, 3.63) is 11.9 Å². The average molecular weight is 88.1 g/mol. The third-order valence-electron chi connectivity index (χ3n) is 0.292. The van der Waals surface area contributed by atoms with Gasteiger partial charge in [-0.3, -0.25) is 10.7 Å². The van der Waals surface area contributed by atoms with Crippen molar-refractivity contribution in [3.63, 3.8) is 0 Å². The molecule has 0 aliphatic heterocycles. The Kier molecular flexibility index (Phi) is 2.24. The topological polar surface area (TPSA) is 58.3 Å². The number of hydroxylamine groups is 1. The van der Waals surface area contributed by atoms with Gasteiger partial charge in [0.15, 0.2) is 0 Å². The van der Waals surface area contributed by atoms with Crippen LogP contribution >= 0.6 is 0 Å². The van der Waals surface area contributed by atoms with E-state index in [1.54, 1.807) is 12.4 Å². The molecule has 0 spiro atoms. The summed E-state index contributed by atoms with van der Waals surface area (Å²) in [5.41, 5.74) is 7.37. The first-order valence-corrected chi connectivity index (χ1v) is 1.59. The summed E-state index contributed by atoms with van der Waals surface area (Å²) < 4.78 is 0. The maximum Gasteiger partial charge on any atom is 0.0425 e. The van der Waals surface area contributed by atoms with Crippen molar-refractivity contribution in [2.45, 2.75) is 6.92 Å². The monoisotopic (exact) mass is 88.1 g/mol. The zero-order valence-corrected chi connectivity index (χ0v) is 3.60. The van der Waals surface area contributed by atoms with Gasteiger partial charge >= 0.3 is 0 Å². The van der Waals surface area contributed by atoms with E-state index in [2.05, 4.69) is 0 Å². The van der Waals surface area contributed by atoms with E-state index in [0.717, 1.165) is 0 Å². The molecule has 0 aromatic rings. The van der Waals surface area contributed by atoms with E-state index >= 15 is 0 Å². The van der Waals surface area contributed by atoms with E-state index in [-0.39, 0.29) is 0 Å². The molecule has 0 fully saturated rings. The first-order valence-electron chi connectivity index (χ1n) is 1.59. The molecular weight excluding hydrogens is 80.0 g/mol. The number of rotatable bonds is 1. The van der Waals surface area contributed by atoms with Gasteiger partial charge in [-0.15, -0.1) is 0 Å². The molecule has 6 heavy (non-hydrogen) atoms. The van der Waals surface area contributed by atoms with Crippen molar-refractivity contribution in [1.82, 2.24) is 5.48 Å². The Balaban J connectivity index is 3.14. The van der Waals surface area contributed by atoms with Gasteiger partial charge in [-0.1, -0.05) is 0 Å². The van der Waals surface area contributed by atoms with Crippen LogP contribution in [0.5, 0.6) is 0 Å². The Morgan fingerprint density at radius 2 is 2.50 bits per heavy atom. The molecule has 0 bridgehead atoms. The van der Waals surface area contributed by atoms with Gasteiger partial charge in [0.05, 0.1) is 0 Å². The van der Waals surface area contributed by atoms with Crippen molar-refractivity contribution in [1.29, 1.82) is 0 Å². The lowest BCUT2D eigenvalue weighted by Crippen LogP contribution is -2.00. The molecule has 0 aliphatic rings. The highest BCUT2D eigenvalue weighted by atomic mass is 16.5. The zero-order valence-electron chi connectivity index (χ0n) is 3.60. The number of hydrogen-bond acceptors (Lipinski definition) is 3. The van der Waals surface area contributed by atoms with Crippen LogP contribution in [0.25, 0.3) is 0 Å². The van der Waals surface area contributed by atoms with Gasteiger partial charge in [-0.25, -0.2) is 0 Å². The summed E-state index contributed by atoms with van der Waals surface area (Å²) in [6, 6.07) is 0. The van der Waals surface area contributed by atoms with Gasteiger partial charge in [-0.2, -0.15) is 0 Å². The van der Waals surface area contributed by atoms with Crippen molar-refractivity contribution in [2.24, 2.45) is 5.73 Å². The highest BCUT2D eigenvalue weighted by Crippen LogP contribution is 1.68. The van der Waals surface area contributed by atoms with E-state index in [1.165, 1.54) is 6.20 Å². The Labute approximate surface area is 36.4 Å². The molecule has 4 N–H and O–H groups in total. The standard InChI is InChI=1S/C3H8N2O/c1-3(4)2-5-6/h2,5-6H,4H2,1H3/b3-2-. The predicted octanol–water partition coefficient (Wildman–Crippen LogP) is -0.215. The SMILES string of the molecule is C/C(N)=C/NO. The van der Waals surface area contributed by atoms with Crippen molar-refractivity contribution < 1.29 is 5.21 Å².